The van der Waals surface area contributed by atoms with Crippen molar-refractivity contribution < 1.29 is 30.7 Å². The zero-order valence-electron chi connectivity index (χ0n) is 16.1. The minimum atomic E-state index is -5.60. The fourth-order valence-electron chi connectivity index (χ4n) is 3.44. The van der Waals surface area contributed by atoms with Gasteiger partial charge in [0.1, 0.15) is 11.3 Å². The number of anilines is 1. The molecule has 3 aromatic rings. The minimum Gasteiger partial charge on any atom is -0.344 e. The molecule has 0 atom stereocenters. The summed E-state index contributed by atoms with van der Waals surface area (Å²) in [5.41, 5.74) is 0.952. The summed E-state index contributed by atoms with van der Waals surface area (Å²) in [6, 6.07) is 5.52. The molecule has 0 radical (unpaired) electrons. The van der Waals surface area contributed by atoms with Gasteiger partial charge in [0.05, 0.1) is 11.7 Å². The highest BCUT2D eigenvalue weighted by Crippen LogP contribution is 2.38. The number of hydrogen-bond acceptors (Lipinski definition) is 2. The molecule has 0 bridgehead atoms. The molecule has 10 heteroatoms. The lowest BCUT2D eigenvalue weighted by Crippen LogP contribution is -2.16. The summed E-state index contributed by atoms with van der Waals surface area (Å²) in [6.45, 7) is 6.26. The maximum absolute atomic E-state index is 14.0. The van der Waals surface area contributed by atoms with Crippen LogP contribution in [0.5, 0.6) is 0 Å². The van der Waals surface area contributed by atoms with Crippen LogP contribution < -0.4 is 5.43 Å². The van der Waals surface area contributed by atoms with Crippen molar-refractivity contribution in [2.24, 2.45) is 5.10 Å². The quantitative estimate of drug-likeness (QED) is 0.223. The van der Waals surface area contributed by atoms with Gasteiger partial charge in [-0.15, -0.1) is 0 Å². The number of alkyl halides is 3. The molecule has 0 aliphatic carbocycles. The highest BCUT2D eigenvalue weighted by atomic mass is 19.4. The highest BCUT2D eigenvalue weighted by Gasteiger charge is 2.42. The van der Waals surface area contributed by atoms with Crippen molar-refractivity contribution in [1.82, 2.24) is 4.57 Å². The molecule has 0 spiro atoms. The molecule has 1 N–H and O–H groups in total. The van der Waals surface area contributed by atoms with Crippen molar-refractivity contribution in [2.45, 2.75) is 33.5 Å². The van der Waals surface area contributed by atoms with E-state index in [1.165, 1.54) is 6.21 Å². The molecular weight excluding hydrogens is 415 g/mol. The second kappa shape index (κ2) is 7.66. The maximum Gasteiger partial charge on any atom is 0.422 e. The van der Waals surface area contributed by atoms with Gasteiger partial charge in [-0.1, -0.05) is 18.2 Å². The Bertz CT molecular complexity index is 1130. The summed E-state index contributed by atoms with van der Waals surface area (Å²) >= 11 is 0. The van der Waals surface area contributed by atoms with Crippen LogP contribution in [0.15, 0.2) is 23.3 Å². The van der Waals surface area contributed by atoms with E-state index in [9.17, 15) is 30.7 Å². The first-order valence-electron chi connectivity index (χ1n) is 8.81. The van der Waals surface area contributed by atoms with Gasteiger partial charge in [-0.3, -0.25) is 5.43 Å². The fourth-order valence-corrected chi connectivity index (χ4v) is 3.44. The van der Waals surface area contributed by atoms with E-state index in [1.54, 1.807) is 12.3 Å². The largest absolute Gasteiger partial charge is 0.422 e. The van der Waals surface area contributed by atoms with Crippen molar-refractivity contribution in [3.8, 4) is 0 Å². The van der Waals surface area contributed by atoms with Crippen LogP contribution in [0.4, 0.5) is 36.4 Å². The molecule has 30 heavy (non-hydrogen) atoms. The van der Waals surface area contributed by atoms with Gasteiger partial charge < -0.3 is 4.57 Å². The fraction of sp³-hybridized carbons (Fsp3) is 0.250. The zero-order valence-corrected chi connectivity index (χ0v) is 16.1. The Labute approximate surface area is 166 Å². The van der Waals surface area contributed by atoms with Crippen molar-refractivity contribution in [1.29, 1.82) is 0 Å². The summed E-state index contributed by atoms with van der Waals surface area (Å²) in [5.74, 6) is -9.54. The van der Waals surface area contributed by atoms with Gasteiger partial charge in [-0.25, -0.2) is 17.6 Å². The minimum absolute atomic E-state index is 0.580. The molecule has 1 aromatic heterocycles. The molecule has 0 aliphatic heterocycles. The summed E-state index contributed by atoms with van der Waals surface area (Å²) in [6.07, 6.45) is -4.41. The van der Waals surface area contributed by atoms with Gasteiger partial charge >= 0.3 is 6.18 Å². The molecule has 1 heterocycles. The van der Waals surface area contributed by atoms with Gasteiger partial charge in [0.15, 0.2) is 23.3 Å². The second-order valence-electron chi connectivity index (χ2n) is 6.59. The Hall–Kier alpha value is -3.04. The Kier molecular flexibility index (Phi) is 5.53. The van der Waals surface area contributed by atoms with Crippen LogP contribution in [-0.4, -0.2) is 10.8 Å². The van der Waals surface area contributed by atoms with Crippen LogP contribution >= 0.6 is 0 Å². The number of benzene rings is 2. The average molecular weight is 431 g/mol. The predicted octanol–water partition coefficient (Wildman–Crippen LogP) is 6.30. The SMILES string of the molecule is CCn1c(C)c(/C=N/Nc2c(F)c(F)c(C(F)(F)F)c(F)c2F)c2cccc(C)c21. The lowest BCUT2D eigenvalue weighted by Gasteiger charge is -2.13. The molecular formula is C20H16F7N3. The maximum atomic E-state index is 14.0. The lowest BCUT2D eigenvalue weighted by atomic mass is 10.1. The third kappa shape index (κ3) is 3.40. The number of fused-ring (bicyclic) bond motifs is 1. The third-order valence-corrected chi connectivity index (χ3v) is 4.83. The van der Waals surface area contributed by atoms with Crippen molar-refractivity contribution in [2.75, 3.05) is 5.43 Å². The van der Waals surface area contributed by atoms with E-state index in [-0.39, 0.29) is 0 Å². The molecule has 0 unspecified atom stereocenters. The standard InChI is InChI=1S/C20H16F7N3/c1-4-30-10(3)12(11-7-5-6-9(2)19(11)30)8-28-29-18-16(23)14(21)13(20(25,26)27)15(22)17(18)24/h5-8,29H,4H2,1-3H3/b28-8+. The third-order valence-electron chi connectivity index (χ3n) is 4.83. The van der Waals surface area contributed by atoms with Crippen LogP contribution in [0.1, 0.15) is 29.3 Å². The predicted molar refractivity (Wildman–Crippen MR) is 99.6 cm³/mol. The van der Waals surface area contributed by atoms with Gasteiger partial charge in [0.2, 0.25) is 0 Å². The number of aromatic nitrogens is 1. The Balaban J connectivity index is 2.05. The topological polar surface area (TPSA) is 29.3 Å². The van der Waals surface area contributed by atoms with Crippen LogP contribution in [0.25, 0.3) is 10.9 Å². The number of aryl methyl sites for hydroxylation is 2. The smallest absolute Gasteiger partial charge is 0.344 e. The number of hydrogen-bond donors (Lipinski definition) is 1. The van der Waals surface area contributed by atoms with Crippen LogP contribution in [-0.2, 0) is 12.7 Å². The first-order chi connectivity index (χ1) is 14.0. The number of rotatable bonds is 4. The molecule has 0 saturated heterocycles. The second-order valence-corrected chi connectivity index (χ2v) is 6.59. The van der Waals surface area contributed by atoms with E-state index < -0.39 is 40.7 Å². The summed E-state index contributed by atoms with van der Waals surface area (Å²) < 4.78 is 95.4. The monoisotopic (exact) mass is 431 g/mol. The lowest BCUT2D eigenvalue weighted by molar-refractivity contribution is -0.143. The van der Waals surface area contributed by atoms with E-state index >= 15 is 0 Å². The summed E-state index contributed by atoms with van der Waals surface area (Å²) in [7, 11) is 0. The van der Waals surface area contributed by atoms with Crippen LogP contribution in [0, 0.1) is 37.1 Å². The first kappa shape index (κ1) is 21.7. The van der Waals surface area contributed by atoms with Gasteiger partial charge in [0, 0.05) is 23.2 Å². The van der Waals surface area contributed by atoms with Crippen LogP contribution in [0.2, 0.25) is 0 Å². The normalized spacial score (nSPS) is 12.3. The first-order valence-corrected chi connectivity index (χ1v) is 8.81. The van der Waals surface area contributed by atoms with E-state index in [1.807, 2.05) is 36.6 Å². The molecule has 3 rings (SSSR count). The zero-order chi connectivity index (χ0) is 22.4. The number of halogens is 7. The number of para-hydroxylation sites is 1. The molecule has 0 aliphatic rings. The molecule has 0 amide bonds. The number of nitrogens with one attached hydrogen (secondary N) is 1. The van der Waals surface area contributed by atoms with Crippen LogP contribution in [0.3, 0.4) is 0 Å². The van der Waals surface area contributed by atoms with Gasteiger partial charge in [-0.05, 0) is 26.3 Å². The van der Waals surface area contributed by atoms with Gasteiger partial charge in [-0.2, -0.15) is 18.3 Å². The summed E-state index contributed by atoms with van der Waals surface area (Å²) in [5, 5.41) is 4.40. The average Bonchev–Trinajstić information content (AvgIpc) is 2.94. The summed E-state index contributed by atoms with van der Waals surface area (Å²) in [4.78, 5) is 0. The molecule has 0 saturated carbocycles. The van der Waals surface area contributed by atoms with Gasteiger partial charge in [0.25, 0.3) is 0 Å². The molecule has 0 fully saturated rings. The van der Waals surface area contributed by atoms with E-state index in [0.29, 0.717) is 12.1 Å². The van der Waals surface area contributed by atoms with Crippen molar-refractivity contribution in [3.05, 3.63) is 63.9 Å². The highest BCUT2D eigenvalue weighted by molar-refractivity contribution is 6.02. The van der Waals surface area contributed by atoms with E-state index in [2.05, 4.69) is 5.10 Å². The number of nitrogens with zero attached hydrogens (tertiary/aromatic N) is 2. The number of hydrazone groups is 1. The van der Waals surface area contributed by atoms with E-state index in [4.69, 9.17) is 0 Å². The Morgan fingerprint density at radius 1 is 1.00 bits per heavy atom. The Morgan fingerprint density at radius 3 is 2.13 bits per heavy atom. The van der Waals surface area contributed by atoms with Crippen molar-refractivity contribution >= 4 is 22.8 Å². The molecule has 2 aromatic carbocycles. The van der Waals surface area contributed by atoms with Crippen molar-refractivity contribution in [3.63, 3.8) is 0 Å². The Morgan fingerprint density at radius 2 is 1.60 bits per heavy atom. The molecule has 3 nitrogen and oxygen atoms in total. The molecule has 160 valence electrons. The van der Waals surface area contributed by atoms with E-state index in [0.717, 1.165) is 22.2 Å².